The van der Waals surface area contributed by atoms with Gasteiger partial charge in [0.05, 0.1) is 12.7 Å². The van der Waals surface area contributed by atoms with Gasteiger partial charge < -0.3 is 15.4 Å². The minimum Gasteiger partial charge on any atom is -0.465 e. The van der Waals surface area contributed by atoms with Crippen molar-refractivity contribution in [1.29, 1.82) is 0 Å². The summed E-state index contributed by atoms with van der Waals surface area (Å²) in [7, 11) is 1.30. The third kappa shape index (κ3) is 4.19. The third-order valence-electron chi connectivity index (χ3n) is 3.37. The molecule has 2 aromatic rings. The summed E-state index contributed by atoms with van der Waals surface area (Å²) in [5, 5.41) is 5.41. The van der Waals surface area contributed by atoms with Crippen LogP contribution in [0.4, 0.5) is 11.4 Å². The summed E-state index contributed by atoms with van der Waals surface area (Å²) in [5.74, 6) is -0.956. The van der Waals surface area contributed by atoms with Crippen LogP contribution in [-0.2, 0) is 9.53 Å². The summed E-state index contributed by atoms with van der Waals surface area (Å²) in [5.41, 5.74) is 2.77. The van der Waals surface area contributed by atoms with E-state index in [9.17, 15) is 14.4 Å². The highest BCUT2D eigenvalue weighted by molar-refractivity contribution is 6.05. The highest BCUT2D eigenvalue weighted by Crippen LogP contribution is 2.19. The molecule has 2 N–H and O–H groups in total. The van der Waals surface area contributed by atoms with Crippen LogP contribution in [0.3, 0.4) is 0 Å². The molecule has 0 aliphatic rings. The molecule has 0 heterocycles. The molecular formula is C18H18N2O4. The molecule has 0 fully saturated rings. The number of nitrogens with one attached hydrogen (secondary N) is 2. The topological polar surface area (TPSA) is 84.5 Å². The van der Waals surface area contributed by atoms with Crippen molar-refractivity contribution in [3.63, 3.8) is 0 Å². The monoisotopic (exact) mass is 326 g/mol. The number of ether oxygens (including phenoxy) is 1. The van der Waals surface area contributed by atoms with E-state index in [4.69, 9.17) is 0 Å². The SMILES string of the molecule is COC(=O)c1ccc(C)c(NC(=O)c2ccc(NC(C)=O)cc2)c1. The maximum absolute atomic E-state index is 12.3. The van der Waals surface area contributed by atoms with Crippen molar-refractivity contribution in [1.82, 2.24) is 0 Å². The Morgan fingerprint density at radius 3 is 2.12 bits per heavy atom. The largest absolute Gasteiger partial charge is 0.465 e. The van der Waals surface area contributed by atoms with Gasteiger partial charge in [0.25, 0.3) is 5.91 Å². The smallest absolute Gasteiger partial charge is 0.337 e. The second-order valence-electron chi connectivity index (χ2n) is 5.23. The lowest BCUT2D eigenvalue weighted by Crippen LogP contribution is -2.14. The lowest BCUT2D eigenvalue weighted by atomic mass is 10.1. The lowest BCUT2D eigenvalue weighted by Gasteiger charge is -2.10. The number of methoxy groups -OCH3 is 1. The van der Waals surface area contributed by atoms with Crippen molar-refractivity contribution in [3.05, 3.63) is 59.2 Å². The van der Waals surface area contributed by atoms with Gasteiger partial charge in [0.2, 0.25) is 5.91 Å². The number of aryl methyl sites for hydroxylation is 1. The van der Waals surface area contributed by atoms with Crippen LogP contribution in [0.15, 0.2) is 42.5 Å². The maximum Gasteiger partial charge on any atom is 0.337 e. The van der Waals surface area contributed by atoms with Crippen LogP contribution in [0, 0.1) is 6.92 Å². The van der Waals surface area contributed by atoms with Gasteiger partial charge in [-0.15, -0.1) is 0 Å². The minimum atomic E-state index is -0.467. The van der Waals surface area contributed by atoms with Crippen molar-refractivity contribution in [2.45, 2.75) is 13.8 Å². The average molecular weight is 326 g/mol. The van der Waals surface area contributed by atoms with E-state index in [1.54, 1.807) is 42.5 Å². The summed E-state index contributed by atoms with van der Waals surface area (Å²) in [6.07, 6.45) is 0. The number of amides is 2. The molecule has 0 unspecified atom stereocenters. The molecule has 0 saturated heterocycles. The number of esters is 1. The summed E-state index contributed by atoms with van der Waals surface area (Å²) >= 11 is 0. The Morgan fingerprint density at radius 2 is 1.54 bits per heavy atom. The molecule has 124 valence electrons. The molecule has 0 aliphatic heterocycles. The molecule has 0 saturated carbocycles. The molecule has 24 heavy (non-hydrogen) atoms. The fraction of sp³-hybridized carbons (Fsp3) is 0.167. The molecular weight excluding hydrogens is 308 g/mol. The summed E-state index contributed by atoms with van der Waals surface area (Å²) in [6, 6.07) is 11.5. The summed E-state index contributed by atoms with van der Waals surface area (Å²) in [4.78, 5) is 34.9. The molecule has 2 rings (SSSR count). The Balaban J connectivity index is 2.17. The Labute approximate surface area is 139 Å². The van der Waals surface area contributed by atoms with Gasteiger partial charge in [-0.2, -0.15) is 0 Å². The van der Waals surface area contributed by atoms with Crippen molar-refractivity contribution in [3.8, 4) is 0 Å². The van der Waals surface area contributed by atoms with Gasteiger partial charge in [-0.25, -0.2) is 4.79 Å². The first-order valence-corrected chi connectivity index (χ1v) is 7.28. The third-order valence-corrected chi connectivity index (χ3v) is 3.37. The number of hydrogen-bond acceptors (Lipinski definition) is 4. The molecule has 0 aromatic heterocycles. The average Bonchev–Trinajstić information content (AvgIpc) is 2.56. The van der Waals surface area contributed by atoms with Gasteiger partial charge in [0, 0.05) is 23.9 Å². The molecule has 0 radical (unpaired) electrons. The Bertz CT molecular complexity index is 782. The number of rotatable bonds is 4. The first-order chi connectivity index (χ1) is 11.4. The van der Waals surface area contributed by atoms with Gasteiger partial charge in [-0.1, -0.05) is 6.07 Å². The fourth-order valence-electron chi connectivity index (χ4n) is 2.10. The molecule has 0 aliphatic carbocycles. The molecule has 0 atom stereocenters. The number of carbonyl (C=O) groups excluding carboxylic acids is 3. The van der Waals surface area contributed by atoms with Gasteiger partial charge in [-0.3, -0.25) is 9.59 Å². The van der Waals surface area contributed by atoms with Crippen LogP contribution in [-0.4, -0.2) is 24.9 Å². The van der Waals surface area contributed by atoms with Gasteiger partial charge >= 0.3 is 5.97 Å². The molecule has 0 bridgehead atoms. The second-order valence-corrected chi connectivity index (χ2v) is 5.23. The highest BCUT2D eigenvalue weighted by atomic mass is 16.5. The van der Waals surface area contributed by atoms with Gasteiger partial charge in [-0.05, 0) is 48.9 Å². The predicted molar refractivity (Wildman–Crippen MR) is 91.2 cm³/mol. The molecule has 2 aromatic carbocycles. The Morgan fingerprint density at radius 1 is 0.917 bits per heavy atom. The van der Waals surface area contributed by atoms with Crippen molar-refractivity contribution in [2.24, 2.45) is 0 Å². The van der Waals surface area contributed by atoms with E-state index in [1.807, 2.05) is 6.92 Å². The lowest BCUT2D eigenvalue weighted by molar-refractivity contribution is -0.114. The quantitative estimate of drug-likeness (QED) is 0.846. The number of anilines is 2. The van der Waals surface area contributed by atoms with Crippen LogP contribution in [0.25, 0.3) is 0 Å². The minimum absolute atomic E-state index is 0.178. The zero-order chi connectivity index (χ0) is 17.7. The zero-order valence-corrected chi connectivity index (χ0v) is 13.7. The van der Waals surface area contributed by atoms with Crippen molar-refractivity contribution >= 4 is 29.2 Å². The van der Waals surface area contributed by atoms with E-state index in [-0.39, 0.29) is 11.8 Å². The van der Waals surface area contributed by atoms with Crippen LogP contribution in [0.1, 0.15) is 33.2 Å². The second kappa shape index (κ2) is 7.41. The fourth-order valence-corrected chi connectivity index (χ4v) is 2.10. The van der Waals surface area contributed by atoms with Crippen LogP contribution < -0.4 is 10.6 Å². The van der Waals surface area contributed by atoms with Crippen LogP contribution >= 0.6 is 0 Å². The maximum atomic E-state index is 12.3. The van der Waals surface area contributed by atoms with Crippen molar-refractivity contribution < 1.29 is 19.1 Å². The molecule has 2 amide bonds. The standard InChI is InChI=1S/C18H18N2O4/c1-11-4-5-14(18(23)24-3)10-16(11)20-17(22)13-6-8-15(9-7-13)19-12(2)21/h4-10H,1-3H3,(H,19,21)(H,20,22). The predicted octanol–water partition coefficient (Wildman–Crippen LogP) is 2.99. The first kappa shape index (κ1) is 17.2. The van der Waals surface area contributed by atoms with E-state index < -0.39 is 5.97 Å². The van der Waals surface area contributed by atoms with E-state index in [1.165, 1.54) is 14.0 Å². The number of carbonyl (C=O) groups is 3. The van der Waals surface area contributed by atoms with Gasteiger partial charge in [0.1, 0.15) is 0 Å². The summed E-state index contributed by atoms with van der Waals surface area (Å²) < 4.78 is 4.68. The van der Waals surface area contributed by atoms with Crippen LogP contribution in [0.5, 0.6) is 0 Å². The van der Waals surface area contributed by atoms with E-state index in [0.29, 0.717) is 22.5 Å². The Hall–Kier alpha value is -3.15. The van der Waals surface area contributed by atoms with Crippen LogP contribution in [0.2, 0.25) is 0 Å². The molecule has 6 heteroatoms. The number of hydrogen-bond donors (Lipinski definition) is 2. The molecule has 0 spiro atoms. The summed E-state index contributed by atoms with van der Waals surface area (Å²) in [6.45, 7) is 3.24. The van der Waals surface area contributed by atoms with E-state index in [0.717, 1.165) is 5.56 Å². The van der Waals surface area contributed by atoms with E-state index in [2.05, 4.69) is 15.4 Å². The van der Waals surface area contributed by atoms with E-state index >= 15 is 0 Å². The zero-order valence-electron chi connectivity index (χ0n) is 13.7. The Kier molecular flexibility index (Phi) is 5.31. The first-order valence-electron chi connectivity index (χ1n) is 7.28. The highest BCUT2D eigenvalue weighted by Gasteiger charge is 2.11. The van der Waals surface area contributed by atoms with Crippen molar-refractivity contribution in [2.75, 3.05) is 17.7 Å². The van der Waals surface area contributed by atoms with Gasteiger partial charge in [0.15, 0.2) is 0 Å². The number of benzene rings is 2. The molecule has 6 nitrogen and oxygen atoms in total. The normalized spacial score (nSPS) is 9.96.